The number of aromatic amines is 1. The molecule has 1 saturated heterocycles. The van der Waals surface area contributed by atoms with Gasteiger partial charge >= 0.3 is 0 Å². The van der Waals surface area contributed by atoms with Gasteiger partial charge in [-0.1, -0.05) is 20.3 Å². The summed E-state index contributed by atoms with van der Waals surface area (Å²) in [5, 5.41) is 12.4. The van der Waals surface area contributed by atoms with Crippen molar-refractivity contribution in [1.82, 2.24) is 34.7 Å². The van der Waals surface area contributed by atoms with Crippen LogP contribution in [0.15, 0.2) is 30.9 Å². The van der Waals surface area contributed by atoms with E-state index in [9.17, 15) is 0 Å². The molecule has 2 aliphatic rings. The van der Waals surface area contributed by atoms with Crippen molar-refractivity contribution >= 4 is 5.65 Å². The number of rotatable bonds is 6. The third-order valence-corrected chi connectivity index (χ3v) is 8.19. The van der Waals surface area contributed by atoms with Gasteiger partial charge in [0.2, 0.25) is 0 Å². The second-order valence-electron chi connectivity index (χ2n) is 10.7. The van der Waals surface area contributed by atoms with E-state index in [0.717, 1.165) is 34.3 Å². The van der Waals surface area contributed by atoms with Crippen LogP contribution in [0.2, 0.25) is 0 Å². The number of hydrogen-bond donors (Lipinski definition) is 1. The van der Waals surface area contributed by atoms with Gasteiger partial charge in [-0.05, 0) is 80.8 Å². The lowest BCUT2D eigenvalue weighted by Gasteiger charge is -2.42. The number of likely N-dealkylation sites (tertiary alicyclic amines) is 1. The summed E-state index contributed by atoms with van der Waals surface area (Å²) >= 11 is 0. The number of ether oxygens (including phenoxy) is 1. The largest absolute Gasteiger partial charge is 0.493 e. The number of nitrogens with zero attached hydrogens (tertiary/aromatic N) is 6. The monoisotopic (exact) mass is 485 g/mol. The van der Waals surface area contributed by atoms with Gasteiger partial charge in [-0.25, -0.2) is 9.50 Å². The molecular formula is C28H35N7O. The summed E-state index contributed by atoms with van der Waals surface area (Å²) in [5.41, 5.74) is 8.29. The fraction of sp³-hybridized carbons (Fsp3) is 0.500. The molecule has 0 radical (unpaired) electrons. The molecule has 0 spiro atoms. The Kier molecular flexibility index (Phi) is 5.99. The molecule has 8 nitrogen and oxygen atoms in total. The third kappa shape index (κ3) is 3.97. The Bertz CT molecular complexity index is 1380. The van der Waals surface area contributed by atoms with Crippen molar-refractivity contribution in [2.24, 2.45) is 0 Å². The van der Waals surface area contributed by atoms with Crippen molar-refractivity contribution in [2.75, 3.05) is 20.2 Å². The van der Waals surface area contributed by atoms with Crippen LogP contribution in [0.1, 0.15) is 74.5 Å². The van der Waals surface area contributed by atoms with Crippen LogP contribution in [0.5, 0.6) is 5.75 Å². The molecule has 0 bridgehead atoms. The van der Waals surface area contributed by atoms with Gasteiger partial charge in [0, 0.05) is 29.6 Å². The predicted molar refractivity (Wildman–Crippen MR) is 140 cm³/mol. The second-order valence-corrected chi connectivity index (χ2v) is 10.7. The Morgan fingerprint density at radius 1 is 1.08 bits per heavy atom. The van der Waals surface area contributed by atoms with Crippen molar-refractivity contribution in [3.05, 3.63) is 47.5 Å². The van der Waals surface area contributed by atoms with Gasteiger partial charge in [-0.3, -0.25) is 10.1 Å². The van der Waals surface area contributed by atoms with Gasteiger partial charge in [-0.15, -0.1) is 0 Å². The molecular weight excluding hydrogens is 450 g/mol. The van der Waals surface area contributed by atoms with E-state index >= 15 is 0 Å². The van der Waals surface area contributed by atoms with E-state index in [1.807, 2.05) is 12.3 Å². The minimum Gasteiger partial charge on any atom is -0.493 e. The van der Waals surface area contributed by atoms with Crippen molar-refractivity contribution in [2.45, 2.75) is 70.8 Å². The van der Waals surface area contributed by atoms with E-state index in [-0.39, 0.29) is 5.92 Å². The van der Waals surface area contributed by atoms with E-state index in [0.29, 0.717) is 17.3 Å². The van der Waals surface area contributed by atoms with Gasteiger partial charge < -0.3 is 9.64 Å². The lowest BCUT2D eigenvalue weighted by Crippen LogP contribution is -2.44. The van der Waals surface area contributed by atoms with Gasteiger partial charge in [0.15, 0.2) is 11.4 Å². The Balaban J connectivity index is 1.30. The highest BCUT2D eigenvalue weighted by Crippen LogP contribution is 2.38. The van der Waals surface area contributed by atoms with Gasteiger partial charge in [0.05, 0.1) is 18.5 Å². The molecule has 36 heavy (non-hydrogen) atoms. The molecule has 8 heteroatoms. The fourth-order valence-electron chi connectivity index (χ4n) is 5.96. The minimum atomic E-state index is 0.254. The first-order chi connectivity index (χ1) is 17.5. The Morgan fingerprint density at radius 2 is 1.89 bits per heavy atom. The summed E-state index contributed by atoms with van der Waals surface area (Å²) in [5.74, 6) is 1.53. The number of aryl methyl sites for hydroxylation is 1. The standard InChI is InChI=1S/C28H35N7O/c1-17(2)25-26(20-13-24(36-4)28-30-16-31-35(28)15-20)32-33-27(25)23-12-18(3)22(14-29-23)19-8-10-34(11-9-19)21-6-5-7-21/h12-17,19,21H,5-11H2,1-4H3,(H,32,33). The molecule has 0 aromatic carbocycles. The maximum atomic E-state index is 5.58. The molecule has 1 saturated carbocycles. The molecule has 1 aliphatic heterocycles. The summed E-state index contributed by atoms with van der Waals surface area (Å²) < 4.78 is 7.32. The lowest BCUT2D eigenvalue weighted by molar-refractivity contribution is 0.0974. The van der Waals surface area contributed by atoms with Crippen molar-refractivity contribution in [3.63, 3.8) is 0 Å². The van der Waals surface area contributed by atoms with Crippen LogP contribution in [0.3, 0.4) is 0 Å². The maximum Gasteiger partial charge on any atom is 0.197 e. The fourth-order valence-corrected chi connectivity index (χ4v) is 5.96. The summed E-state index contributed by atoms with van der Waals surface area (Å²) in [6, 6.07) is 5.06. The number of H-pyrrole nitrogens is 1. The zero-order chi connectivity index (χ0) is 24.8. The molecule has 0 atom stereocenters. The Morgan fingerprint density at radius 3 is 2.56 bits per heavy atom. The molecule has 0 unspecified atom stereocenters. The first kappa shape index (κ1) is 23.2. The highest BCUT2D eigenvalue weighted by Gasteiger charge is 2.30. The number of fused-ring (bicyclic) bond motifs is 1. The Hall–Kier alpha value is -3.26. The highest BCUT2D eigenvalue weighted by molar-refractivity contribution is 5.75. The Labute approximate surface area is 212 Å². The number of hydrogen-bond acceptors (Lipinski definition) is 6. The number of methoxy groups -OCH3 is 1. The number of pyridine rings is 2. The molecule has 0 amide bonds. The molecule has 2 fully saturated rings. The van der Waals surface area contributed by atoms with Crippen LogP contribution >= 0.6 is 0 Å². The molecule has 1 N–H and O–H groups in total. The van der Waals surface area contributed by atoms with Crippen molar-refractivity contribution in [3.8, 4) is 28.4 Å². The average Bonchev–Trinajstić information content (AvgIpc) is 3.50. The first-order valence-corrected chi connectivity index (χ1v) is 13.2. The third-order valence-electron chi connectivity index (χ3n) is 8.19. The van der Waals surface area contributed by atoms with Crippen LogP contribution < -0.4 is 4.74 Å². The van der Waals surface area contributed by atoms with Gasteiger partial charge in [0.1, 0.15) is 12.0 Å². The van der Waals surface area contributed by atoms with E-state index in [1.54, 1.807) is 11.6 Å². The summed E-state index contributed by atoms with van der Waals surface area (Å²) in [7, 11) is 1.65. The van der Waals surface area contributed by atoms with E-state index in [1.165, 1.54) is 62.6 Å². The maximum absolute atomic E-state index is 5.58. The van der Waals surface area contributed by atoms with Gasteiger partial charge in [0.25, 0.3) is 0 Å². The van der Waals surface area contributed by atoms with Crippen LogP contribution in [0.4, 0.5) is 0 Å². The van der Waals surface area contributed by atoms with E-state index in [4.69, 9.17) is 14.8 Å². The highest BCUT2D eigenvalue weighted by atomic mass is 16.5. The smallest absolute Gasteiger partial charge is 0.197 e. The lowest BCUT2D eigenvalue weighted by atomic mass is 9.84. The van der Waals surface area contributed by atoms with Crippen LogP contribution in [0.25, 0.3) is 28.3 Å². The summed E-state index contributed by atoms with van der Waals surface area (Å²) in [4.78, 5) is 12.0. The number of aromatic nitrogens is 6. The predicted octanol–water partition coefficient (Wildman–Crippen LogP) is 5.35. The quantitative estimate of drug-likeness (QED) is 0.396. The van der Waals surface area contributed by atoms with Crippen molar-refractivity contribution in [1.29, 1.82) is 0 Å². The molecule has 188 valence electrons. The molecule has 4 aromatic rings. The minimum absolute atomic E-state index is 0.254. The number of nitrogens with one attached hydrogen (secondary N) is 1. The summed E-state index contributed by atoms with van der Waals surface area (Å²) in [6.07, 6.45) is 12.3. The number of piperidine rings is 1. The van der Waals surface area contributed by atoms with Crippen LogP contribution in [-0.4, -0.2) is 60.9 Å². The molecule has 4 aromatic heterocycles. The molecule has 1 aliphatic carbocycles. The SMILES string of the molecule is COc1cc(-c2[nH]nc(-c3cc(C)c(C4CCN(C5CCC5)CC4)cn3)c2C(C)C)cn2ncnc12. The van der Waals surface area contributed by atoms with E-state index in [2.05, 4.69) is 53.1 Å². The zero-order valence-corrected chi connectivity index (χ0v) is 21.7. The van der Waals surface area contributed by atoms with Gasteiger partial charge in [-0.2, -0.15) is 10.2 Å². The zero-order valence-electron chi connectivity index (χ0n) is 21.7. The van der Waals surface area contributed by atoms with E-state index < -0.39 is 0 Å². The van der Waals surface area contributed by atoms with Crippen LogP contribution in [-0.2, 0) is 0 Å². The second kappa shape index (κ2) is 9.32. The molecule has 6 rings (SSSR count). The van der Waals surface area contributed by atoms with Crippen LogP contribution in [0, 0.1) is 6.92 Å². The topological polar surface area (TPSA) is 84.2 Å². The molecule has 5 heterocycles. The van der Waals surface area contributed by atoms with Crippen molar-refractivity contribution < 1.29 is 4.74 Å². The average molecular weight is 486 g/mol. The normalized spacial score (nSPS) is 17.7. The first-order valence-electron chi connectivity index (χ1n) is 13.2. The summed E-state index contributed by atoms with van der Waals surface area (Å²) in [6.45, 7) is 9.05.